The smallest absolute Gasteiger partial charge is 0.330 e. The molecule has 0 aliphatic carbocycles. The molecule has 5 N–H and O–H groups in total. The van der Waals surface area contributed by atoms with Gasteiger partial charge in [-0.15, -0.1) is 0 Å². The SMILES string of the molecule is O=c1[nH]cnc2c(C3OC(CO)C4OC(CP(=O)(O)O)OC34)c[nH]c12. The minimum atomic E-state index is -4.33. The normalized spacial score (nSPS) is 32.4. The highest BCUT2D eigenvalue weighted by molar-refractivity contribution is 7.51. The Labute approximate surface area is 140 Å². The Bertz CT molecular complexity index is 891. The van der Waals surface area contributed by atoms with E-state index in [4.69, 9.17) is 24.0 Å². The summed E-state index contributed by atoms with van der Waals surface area (Å²) in [6, 6.07) is 0. The lowest BCUT2D eigenvalue weighted by atomic mass is 10.0. The van der Waals surface area contributed by atoms with E-state index < -0.39 is 44.5 Å². The van der Waals surface area contributed by atoms with Crippen LogP contribution in [0, 0.1) is 0 Å². The van der Waals surface area contributed by atoms with Crippen LogP contribution in [0.2, 0.25) is 0 Å². The van der Waals surface area contributed by atoms with Crippen LogP contribution in [0.1, 0.15) is 11.7 Å². The first-order valence-electron chi connectivity index (χ1n) is 7.54. The molecule has 4 rings (SSSR count). The quantitative estimate of drug-likeness (QED) is 0.421. The number of nitrogens with one attached hydrogen (secondary N) is 2. The summed E-state index contributed by atoms with van der Waals surface area (Å²) in [6.45, 7) is -0.347. The highest BCUT2D eigenvalue weighted by Crippen LogP contribution is 2.46. The fourth-order valence-corrected chi connectivity index (χ4v) is 3.85. The van der Waals surface area contributed by atoms with Crippen molar-refractivity contribution in [3.63, 3.8) is 0 Å². The molecular weight excluding hydrogens is 357 g/mol. The number of hydrogen-bond acceptors (Lipinski definition) is 7. The first-order chi connectivity index (χ1) is 11.9. The van der Waals surface area contributed by atoms with E-state index in [0.29, 0.717) is 11.1 Å². The van der Waals surface area contributed by atoms with Crippen molar-refractivity contribution >= 4 is 18.6 Å². The number of H-pyrrole nitrogens is 2. The molecule has 2 aliphatic rings. The van der Waals surface area contributed by atoms with E-state index in [0.717, 1.165) is 0 Å². The molecule has 5 atom stereocenters. The van der Waals surface area contributed by atoms with Gasteiger partial charge in [0, 0.05) is 11.8 Å². The van der Waals surface area contributed by atoms with Gasteiger partial charge in [0.05, 0.1) is 12.9 Å². The number of fused-ring (bicyclic) bond motifs is 2. The van der Waals surface area contributed by atoms with Gasteiger partial charge in [0.1, 0.15) is 41.6 Å². The van der Waals surface area contributed by atoms with Gasteiger partial charge in [-0.2, -0.15) is 0 Å². The third-order valence-electron chi connectivity index (χ3n) is 4.30. The number of aliphatic hydroxyl groups excluding tert-OH is 1. The second kappa shape index (κ2) is 5.99. The van der Waals surface area contributed by atoms with Gasteiger partial charge in [-0.1, -0.05) is 0 Å². The van der Waals surface area contributed by atoms with Gasteiger partial charge < -0.3 is 39.1 Å². The maximum absolute atomic E-state index is 11.8. The van der Waals surface area contributed by atoms with Crippen molar-refractivity contribution in [2.24, 2.45) is 0 Å². The summed E-state index contributed by atoms with van der Waals surface area (Å²) in [5.41, 5.74) is 0.879. The Kier molecular flexibility index (Phi) is 4.04. The summed E-state index contributed by atoms with van der Waals surface area (Å²) < 4.78 is 28.1. The number of aromatic nitrogens is 3. The van der Waals surface area contributed by atoms with Crippen LogP contribution in [0.25, 0.3) is 11.0 Å². The number of ether oxygens (including phenoxy) is 3. The zero-order chi connectivity index (χ0) is 17.8. The van der Waals surface area contributed by atoms with E-state index in [-0.39, 0.29) is 17.7 Å². The molecule has 25 heavy (non-hydrogen) atoms. The van der Waals surface area contributed by atoms with Gasteiger partial charge in [-0.3, -0.25) is 9.36 Å². The first-order valence-corrected chi connectivity index (χ1v) is 9.33. The Hall–Kier alpha value is -1.59. The van der Waals surface area contributed by atoms with Gasteiger partial charge in [0.25, 0.3) is 5.56 Å². The molecule has 0 amide bonds. The maximum Gasteiger partial charge on any atom is 0.330 e. The summed E-state index contributed by atoms with van der Waals surface area (Å²) in [4.78, 5) is 39.4. The Morgan fingerprint density at radius 1 is 1.20 bits per heavy atom. The standard InChI is InChI=1S/C13H16N3O8P/c17-2-6-11-12(24-7(23-11)3-25(19,20)21)10(22-6)5-1-14-9-8(5)15-4-16-13(9)18/h1,4,6-7,10-12,14,17H,2-3H2,(H,15,16,18)(H2,19,20,21). The summed E-state index contributed by atoms with van der Waals surface area (Å²) in [5.74, 6) is 0. The molecule has 2 aliphatic heterocycles. The Morgan fingerprint density at radius 2 is 1.96 bits per heavy atom. The molecular formula is C13H16N3O8P. The molecule has 2 fully saturated rings. The lowest BCUT2D eigenvalue weighted by Crippen LogP contribution is -2.30. The lowest BCUT2D eigenvalue weighted by molar-refractivity contribution is -0.128. The summed E-state index contributed by atoms with van der Waals surface area (Å²) in [7, 11) is -4.33. The second-order valence-corrected chi connectivity index (χ2v) is 7.65. The second-order valence-electron chi connectivity index (χ2n) is 5.96. The van der Waals surface area contributed by atoms with Crippen LogP contribution in [0.3, 0.4) is 0 Å². The number of nitrogens with zero attached hydrogens (tertiary/aromatic N) is 1. The molecule has 0 saturated carbocycles. The van der Waals surface area contributed by atoms with E-state index >= 15 is 0 Å². The highest BCUT2D eigenvalue weighted by atomic mass is 31.2. The molecule has 5 unspecified atom stereocenters. The molecule has 136 valence electrons. The highest BCUT2D eigenvalue weighted by Gasteiger charge is 2.54. The minimum absolute atomic E-state index is 0.274. The lowest BCUT2D eigenvalue weighted by Gasteiger charge is -2.19. The Balaban J connectivity index is 1.67. The van der Waals surface area contributed by atoms with Crippen molar-refractivity contribution in [1.82, 2.24) is 15.0 Å². The summed E-state index contributed by atoms with van der Waals surface area (Å²) in [5, 5.41) is 9.51. The van der Waals surface area contributed by atoms with Crippen molar-refractivity contribution in [2.75, 3.05) is 12.8 Å². The Morgan fingerprint density at radius 3 is 2.68 bits per heavy atom. The number of aromatic amines is 2. The molecule has 2 aromatic rings. The van der Waals surface area contributed by atoms with Crippen LogP contribution in [0.5, 0.6) is 0 Å². The van der Waals surface area contributed by atoms with Gasteiger partial charge in [-0.25, -0.2) is 4.98 Å². The summed E-state index contributed by atoms with van der Waals surface area (Å²) >= 11 is 0. The zero-order valence-electron chi connectivity index (χ0n) is 12.7. The monoisotopic (exact) mass is 373 g/mol. The molecule has 12 heteroatoms. The van der Waals surface area contributed by atoms with Gasteiger partial charge in [0.15, 0.2) is 6.29 Å². The van der Waals surface area contributed by atoms with Crippen molar-refractivity contribution in [3.05, 3.63) is 28.4 Å². The van der Waals surface area contributed by atoms with Crippen LogP contribution in [-0.4, -0.2) is 67.2 Å². The largest absolute Gasteiger partial charge is 0.394 e. The molecule has 4 heterocycles. The van der Waals surface area contributed by atoms with Gasteiger partial charge in [0.2, 0.25) is 0 Å². The van der Waals surface area contributed by atoms with E-state index in [1.165, 1.54) is 6.33 Å². The van der Waals surface area contributed by atoms with Crippen molar-refractivity contribution in [1.29, 1.82) is 0 Å². The van der Waals surface area contributed by atoms with Crippen molar-refractivity contribution in [3.8, 4) is 0 Å². The third kappa shape index (κ3) is 2.93. The number of hydrogen-bond donors (Lipinski definition) is 5. The average molecular weight is 373 g/mol. The van der Waals surface area contributed by atoms with Crippen LogP contribution in [-0.2, 0) is 18.8 Å². The molecule has 0 bridgehead atoms. The van der Waals surface area contributed by atoms with E-state index in [1.54, 1.807) is 6.20 Å². The fraction of sp³-hybridized carbons (Fsp3) is 0.538. The number of aliphatic hydroxyl groups is 1. The fourth-order valence-electron chi connectivity index (χ4n) is 3.29. The van der Waals surface area contributed by atoms with Crippen LogP contribution in [0.4, 0.5) is 0 Å². The zero-order valence-corrected chi connectivity index (χ0v) is 13.6. The van der Waals surface area contributed by atoms with Crippen molar-refractivity contribution < 1.29 is 33.7 Å². The summed E-state index contributed by atoms with van der Waals surface area (Å²) in [6.07, 6.45) is -1.65. The molecule has 0 aromatic carbocycles. The van der Waals surface area contributed by atoms with Crippen molar-refractivity contribution in [2.45, 2.75) is 30.7 Å². The van der Waals surface area contributed by atoms with E-state index in [9.17, 15) is 14.5 Å². The van der Waals surface area contributed by atoms with Gasteiger partial charge in [-0.05, 0) is 0 Å². The molecule has 2 saturated heterocycles. The molecule has 0 spiro atoms. The predicted molar refractivity (Wildman–Crippen MR) is 81.9 cm³/mol. The third-order valence-corrected chi connectivity index (χ3v) is 5.07. The van der Waals surface area contributed by atoms with E-state index in [1.807, 2.05) is 0 Å². The first kappa shape index (κ1) is 16.9. The average Bonchev–Trinajstić information content (AvgIpc) is 3.19. The minimum Gasteiger partial charge on any atom is -0.394 e. The number of rotatable bonds is 4. The van der Waals surface area contributed by atoms with Crippen LogP contribution in [0.15, 0.2) is 17.3 Å². The molecule has 0 radical (unpaired) electrons. The van der Waals surface area contributed by atoms with Crippen LogP contribution >= 0.6 is 7.60 Å². The molecule has 11 nitrogen and oxygen atoms in total. The van der Waals surface area contributed by atoms with Gasteiger partial charge >= 0.3 is 7.60 Å². The van der Waals surface area contributed by atoms with Crippen LogP contribution < -0.4 is 5.56 Å². The molecule has 2 aromatic heterocycles. The maximum atomic E-state index is 11.8. The predicted octanol–water partition coefficient (Wildman–Crippen LogP) is -1.03. The topological polar surface area (TPSA) is 167 Å². The van der Waals surface area contributed by atoms with E-state index in [2.05, 4.69) is 15.0 Å².